The zero-order valence-corrected chi connectivity index (χ0v) is 15.4. The van der Waals surface area contributed by atoms with Crippen molar-refractivity contribution >= 4 is 26.7 Å². The second-order valence-corrected chi connectivity index (χ2v) is 8.76. The number of benzene rings is 1. The van der Waals surface area contributed by atoms with Crippen molar-refractivity contribution in [3.8, 4) is 5.75 Å². The van der Waals surface area contributed by atoms with Gasteiger partial charge in [-0.05, 0) is 25.3 Å². The average molecular weight is 380 g/mol. The number of rotatable bonds is 3. The molecule has 2 aliphatic rings. The van der Waals surface area contributed by atoms with E-state index in [0.717, 1.165) is 19.4 Å². The van der Waals surface area contributed by atoms with Gasteiger partial charge in [-0.2, -0.15) is 4.31 Å². The number of ether oxygens (including phenoxy) is 1. The number of anilines is 1. The maximum atomic E-state index is 14.0. The van der Waals surface area contributed by atoms with Crippen molar-refractivity contribution in [3.63, 3.8) is 0 Å². The smallest absolute Gasteiger partial charge is 0.214 e. The summed E-state index contributed by atoms with van der Waals surface area (Å²) in [6.45, 7) is 1.94. The molecule has 9 heteroatoms. The van der Waals surface area contributed by atoms with Gasteiger partial charge in [0.05, 0.1) is 18.4 Å². The molecule has 2 aromatic rings. The molecule has 0 spiro atoms. The zero-order valence-electron chi connectivity index (χ0n) is 14.6. The maximum Gasteiger partial charge on any atom is 0.214 e. The van der Waals surface area contributed by atoms with E-state index in [1.165, 1.54) is 19.5 Å². The summed E-state index contributed by atoms with van der Waals surface area (Å²) in [7, 11) is -1.73. The van der Waals surface area contributed by atoms with Crippen molar-refractivity contribution < 1.29 is 17.5 Å². The van der Waals surface area contributed by atoms with Gasteiger partial charge in [0, 0.05) is 37.1 Å². The molecule has 0 amide bonds. The third kappa shape index (κ3) is 2.99. The molecule has 0 bridgehead atoms. The molecule has 2 saturated heterocycles. The van der Waals surface area contributed by atoms with Crippen LogP contribution in [0.25, 0.3) is 10.9 Å². The summed E-state index contributed by atoms with van der Waals surface area (Å²) >= 11 is 0. The molecule has 0 N–H and O–H groups in total. The number of sulfonamides is 1. The number of halogens is 1. The van der Waals surface area contributed by atoms with Crippen LogP contribution in [0.15, 0.2) is 18.5 Å². The average Bonchev–Trinajstić information content (AvgIpc) is 2.99. The first-order valence-electron chi connectivity index (χ1n) is 8.72. The Labute approximate surface area is 151 Å². The zero-order chi connectivity index (χ0) is 18.3. The second kappa shape index (κ2) is 6.62. The SMILES string of the molecule is COc1cc2c(N3CCCC(N4CCCS4(=O)=O)C3)ncnc2cc1F. The number of nitrogens with zero attached hydrogens (tertiary/aromatic N) is 4. The quantitative estimate of drug-likeness (QED) is 0.808. The Balaban J connectivity index is 1.69. The molecule has 2 fully saturated rings. The van der Waals surface area contributed by atoms with Crippen molar-refractivity contribution in [2.75, 3.05) is 37.4 Å². The first-order valence-corrected chi connectivity index (χ1v) is 10.3. The van der Waals surface area contributed by atoms with E-state index in [1.54, 1.807) is 10.4 Å². The Morgan fingerprint density at radius 3 is 2.81 bits per heavy atom. The van der Waals surface area contributed by atoms with Gasteiger partial charge in [0.25, 0.3) is 0 Å². The fourth-order valence-corrected chi connectivity index (χ4v) is 5.67. The highest BCUT2D eigenvalue weighted by Gasteiger charge is 2.37. The molecule has 1 aromatic heterocycles. The van der Waals surface area contributed by atoms with Crippen molar-refractivity contribution in [2.45, 2.75) is 25.3 Å². The Morgan fingerprint density at radius 2 is 2.08 bits per heavy atom. The largest absolute Gasteiger partial charge is 0.494 e. The Bertz CT molecular complexity index is 937. The van der Waals surface area contributed by atoms with Gasteiger partial charge in [0.15, 0.2) is 11.6 Å². The van der Waals surface area contributed by atoms with Crippen LogP contribution >= 0.6 is 0 Å². The van der Waals surface area contributed by atoms with Gasteiger partial charge in [-0.1, -0.05) is 0 Å². The summed E-state index contributed by atoms with van der Waals surface area (Å²) in [5, 5.41) is 0.704. The van der Waals surface area contributed by atoms with E-state index in [-0.39, 0.29) is 17.5 Å². The van der Waals surface area contributed by atoms with Gasteiger partial charge < -0.3 is 9.64 Å². The summed E-state index contributed by atoms with van der Waals surface area (Å²) in [5.74, 6) is 0.597. The normalized spacial score (nSPS) is 23.5. The van der Waals surface area contributed by atoms with E-state index < -0.39 is 15.8 Å². The number of methoxy groups -OCH3 is 1. The number of piperidine rings is 1. The van der Waals surface area contributed by atoms with Gasteiger partial charge in [0.1, 0.15) is 12.1 Å². The molecule has 0 radical (unpaired) electrons. The van der Waals surface area contributed by atoms with Crippen LogP contribution < -0.4 is 9.64 Å². The van der Waals surface area contributed by atoms with Gasteiger partial charge in [-0.25, -0.2) is 22.8 Å². The third-order valence-corrected chi connectivity index (χ3v) is 7.13. The molecule has 3 heterocycles. The van der Waals surface area contributed by atoms with E-state index >= 15 is 0 Å². The highest BCUT2D eigenvalue weighted by molar-refractivity contribution is 7.89. The van der Waals surface area contributed by atoms with Crippen LogP contribution in [0, 0.1) is 5.82 Å². The molecule has 1 aromatic carbocycles. The summed E-state index contributed by atoms with van der Waals surface area (Å²) in [6.07, 6.45) is 3.82. The minimum absolute atomic E-state index is 0.0522. The van der Waals surface area contributed by atoms with Crippen LogP contribution in [0.1, 0.15) is 19.3 Å². The molecular formula is C17H21FN4O3S. The monoisotopic (exact) mass is 380 g/mol. The van der Waals surface area contributed by atoms with Gasteiger partial charge in [0.2, 0.25) is 10.0 Å². The topological polar surface area (TPSA) is 75.6 Å². The molecule has 0 aliphatic carbocycles. The van der Waals surface area contributed by atoms with Crippen LogP contribution in [0.2, 0.25) is 0 Å². The maximum absolute atomic E-state index is 14.0. The van der Waals surface area contributed by atoms with Crippen molar-refractivity contribution in [3.05, 3.63) is 24.3 Å². The third-order valence-electron chi connectivity index (χ3n) is 5.13. The lowest BCUT2D eigenvalue weighted by molar-refractivity contribution is 0.298. The molecule has 2 aliphatic heterocycles. The van der Waals surface area contributed by atoms with E-state index in [9.17, 15) is 12.8 Å². The lowest BCUT2D eigenvalue weighted by Crippen LogP contribution is -2.48. The summed E-state index contributed by atoms with van der Waals surface area (Å²) < 4.78 is 45.2. The lowest BCUT2D eigenvalue weighted by atomic mass is 10.0. The molecule has 0 saturated carbocycles. The summed E-state index contributed by atoms with van der Waals surface area (Å²) in [6, 6.07) is 2.89. The fourth-order valence-electron chi connectivity index (χ4n) is 3.90. The Morgan fingerprint density at radius 1 is 1.23 bits per heavy atom. The number of fused-ring (bicyclic) bond motifs is 1. The van der Waals surface area contributed by atoms with Crippen LogP contribution in [-0.4, -0.2) is 61.2 Å². The van der Waals surface area contributed by atoms with Gasteiger partial charge >= 0.3 is 0 Å². The van der Waals surface area contributed by atoms with Gasteiger partial charge in [-0.15, -0.1) is 0 Å². The van der Waals surface area contributed by atoms with Crippen molar-refractivity contribution in [2.24, 2.45) is 0 Å². The second-order valence-electron chi connectivity index (χ2n) is 6.72. The van der Waals surface area contributed by atoms with Gasteiger partial charge in [-0.3, -0.25) is 0 Å². The predicted molar refractivity (Wildman–Crippen MR) is 96.4 cm³/mol. The number of aromatic nitrogens is 2. The van der Waals surface area contributed by atoms with Crippen molar-refractivity contribution in [1.82, 2.24) is 14.3 Å². The summed E-state index contributed by atoms with van der Waals surface area (Å²) in [5.41, 5.74) is 0.504. The molecule has 7 nitrogen and oxygen atoms in total. The van der Waals surface area contributed by atoms with E-state index in [0.29, 0.717) is 36.2 Å². The van der Waals surface area contributed by atoms with Crippen LogP contribution in [-0.2, 0) is 10.0 Å². The standard InChI is InChI=1S/C17H21FN4O3S/c1-25-16-8-13-15(9-14(16)18)19-11-20-17(13)21-5-2-4-12(10-21)22-6-3-7-26(22,23)24/h8-9,11-12H,2-7,10H2,1H3. The number of hydrogen-bond acceptors (Lipinski definition) is 6. The van der Waals surface area contributed by atoms with E-state index in [2.05, 4.69) is 14.9 Å². The lowest BCUT2D eigenvalue weighted by Gasteiger charge is -2.37. The first kappa shape index (κ1) is 17.4. The molecule has 1 unspecified atom stereocenters. The van der Waals surface area contributed by atoms with Crippen LogP contribution in [0.4, 0.5) is 10.2 Å². The van der Waals surface area contributed by atoms with Crippen molar-refractivity contribution in [1.29, 1.82) is 0 Å². The Kier molecular flexibility index (Phi) is 4.44. The number of hydrogen-bond donors (Lipinski definition) is 0. The molecule has 140 valence electrons. The summed E-state index contributed by atoms with van der Waals surface area (Å²) in [4.78, 5) is 10.6. The molecule has 4 rings (SSSR count). The highest BCUT2D eigenvalue weighted by atomic mass is 32.2. The predicted octanol–water partition coefficient (Wildman–Crippen LogP) is 1.78. The van der Waals surface area contributed by atoms with E-state index in [1.807, 2.05) is 0 Å². The minimum atomic E-state index is -3.15. The fraction of sp³-hybridized carbons (Fsp3) is 0.529. The van der Waals surface area contributed by atoms with Crippen LogP contribution in [0.5, 0.6) is 5.75 Å². The minimum Gasteiger partial charge on any atom is -0.494 e. The molecule has 1 atom stereocenters. The van der Waals surface area contributed by atoms with E-state index in [4.69, 9.17) is 4.74 Å². The highest BCUT2D eigenvalue weighted by Crippen LogP contribution is 2.32. The molecular weight excluding hydrogens is 359 g/mol. The Hall–Kier alpha value is -2.00. The molecule has 26 heavy (non-hydrogen) atoms. The first-order chi connectivity index (χ1) is 12.5. The van der Waals surface area contributed by atoms with Crippen LogP contribution in [0.3, 0.4) is 0 Å².